The summed E-state index contributed by atoms with van der Waals surface area (Å²) >= 11 is 1.51. The molecular formula is C19H21NO2S. The number of nitrogens with zero attached hydrogens (tertiary/aromatic N) is 1. The van der Waals surface area contributed by atoms with Crippen molar-refractivity contribution < 1.29 is 9.90 Å². The van der Waals surface area contributed by atoms with Gasteiger partial charge in [-0.05, 0) is 57.5 Å². The minimum Gasteiger partial charge on any atom is -0.380 e. The van der Waals surface area contributed by atoms with Crippen molar-refractivity contribution in [1.29, 1.82) is 0 Å². The Labute approximate surface area is 140 Å². The molecule has 1 atom stereocenters. The fourth-order valence-electron chi connectivity index (χ4n) is 4.11. The summed E-state index contributed by atoms with van der Waals surface area (Å²) in [6, 6.07) is 9.62. The minimum absolute atomic E-state index is 0.0614. The molecule has 23 heavy (non-hydrogen) atoms. The highest BCUT2D eigenvalue weighted by molar-refractivity contribution is 7.14. The highest BCUT2D eigenvalue weighted by Gasteiger charge is 2.48. The van der Waals surface area contributed by atoms with E-state index in [-0.39, 0.29) is 11.7 Å². The highest BCUT2D eigenvalue weighted by Crippen LogP contribution is 2.49. The molecule has 0 spiro atoms. The van der Waals surface area contributed by atoms with Crippen molar-refractivity contribution in [3.8, 4) is 0 Å². The number of piperidine rings is 1. The van der Waals surface area contributed by atoms with Crippen LogP contribution in [-0.4, -0.2) is 35.9 Å². The van der Waals surface area contributed by atoms with Gasteiger partial charge in [0.25, 0.3) is 0 Å². The predicted molar refractivity (Wildman–Crippen MR) is 92.2 cm³/mol. The van der Waals surface area contributed by atoms with Crippen molar-refractivity contribution in [2.45, 2.75) is 25.4 Å². The van der Waals surface area contributed by atoms with Crippen molar-refractivity contribution in [3.05, 3.63) is 56.8 Å². The molecule has 1 N–H and O–H groups in total. The second-order valence-electron chi connectivity index (χ2n) is 6.82. The summed E-state index contributed by atoms with van der Waals surface area (Å²) in [4.78, 5) is 17.0. The molecule has 1 fully saturated rings. The van der Waals surface area contributed by atoms with Crippen molar-refractivity contribution >= 4 is 17.1 Å². The first-order valence-corrected chi connectivity index (χ1v) is 8.99. The second kappa shape index (κ2) is 5.26. The number of benzene rings is 1. The van der Waals surface area contributed by atoms with E-state index in [0.717, 1.165) is 46.8 Å². The lowest BCUT2D eigenvalue weighted by Gasteiger charge is -2.43. The number of aliphatic hydroxyl groups is 1. The van der Waals surface area contributed by atoms with Crippen LogP contribution in [0.4, 0.5) is 0 Å². The fourth-order valence-corrected chi connectivity index (χ4v) is 5.14. The number of carbonyl (C=O) groups is 1. The van der Waals surface area contributed by atoms with E-state index >= 15 is 0 Å². The van der Waals surface area contributed by atoms with E-state index in [1.165, 1.54) is 11.3 Å². The van der Waals surface area contributed by atoms with Gasteiger partial charge in [-0.3, -0.25) is 4.79 Å². The van der Waals surface area contributed by atoms with Crippen LogP contribution in [0.25, 0.3) is 0 Å². The van der Waals surface area contributed by atoms with Crippen LogP contribution in [0, 0.1) is 12.8 Å². The third kappa shape index (κ3) is 2.12. The first kappa shape index (κ1) is 15.1. The van der Waals surface area contributed by atoms with Gasteiger partial charge in [-0.15, -0.1) is 11.3 Å². The number of hydrogen-bond donors (Lipinski definition) is 1. The largest absolute Gasteiger partial charge is 0.380 e. The van der Waals surface area contributed by atoms with E-state index in [9.17, 15) is 9.90 Å². The highest BCUT2D eigenvalue weighted by atomic mass is 32.1. The van der Waals surface area contributed by atoms with Gasteiger partial charge in [0.05, 0.1) is 4.88 Å². The Morgan fingerprint density at radius 1 is 1.22 bits per heavy atom. The summed E-state index contributed by atoms with van der Waals surface area (Å²) in [5.41, 5.74) is 1.26. The lowest BCUT2D eigenvalue weighted by Crippen LogP contribution is -2.46. The van der Waals surface area contributed by atoms with Crippen molar-refractivity contribution in [1.82, 2.24) is 4.90 Å². The minimum atomic E-state index is -1.04. The number of fused-ring (bicyclic) bond motifs is 2. The Morgan fingerprint density at radius 3 is 2.65 bits per heavy atom. The Balaban J connectivity index is 1.92. The quantitative estimate of drug-likeness (QED) is 0.874. The Morgan fingerprint density at radius 2 is 1.91 bits per heavy atom. The second-order valence-corrected chi connectivity index (χ2v) is 8.07. The maximum Gasteiger partial charge on any atom is 0.203 e. The average Bonchev–Trinajstić information content (AvgIpc) is 2.96. The summed E-state index contributed by atoms with van der Waals surface area (Å²) < 4.78 is 0. The van der Waals surface area contributed by atoms with Crippen molar-refractivity contribution in [3.63, 3.8) is 0 Å². The monoisotopic (exact) mass is 327 g/mol. The van der Waals surface area contributed by atoms with Crippen LogP contribution in [0.3, 0.4) is 0 Å². The van der Waals surface area contributed by atoms with Gasteiger partial charge in [0.15, 0.2) is 0 Å². The number of likely N-dealkylation sites (tertiary alicyclic amines) is 1. The van der Waals surface area contributed by atoms with E-state index in [2.05, 4.69) is 11.9 Å². The SMILES string of the molecule is Cc1cc2c(s1)C(=O)c1ccccc1C2(O)C1CCN(C)CC1. The standard InChI is InChI=1S/C19H21NO2S/c1-12-11-16-18(23-12)17(21)14-5-3-4-6-15(14)19(16,22)13-7-9-20(2)10-8-13/h3-6,11,13,22H,7-10H2,1-2H3. The summed E-state index contributed by atoms with van der Waals surface area (Å²) in [7, 11) is 2.12. The molecule has 0 radical (unpaired) electrons. The summed E-state index contributed by atoms with van der Waals surface area (Å²) in [5.74, 6) is 0.215. The van der Waals surface area contributed by atoms with Gasteiger partial charge >= 0.3 is 0 Å². The average molecular weight is 327 g/mol. The first-order chi connectivity index (χ1) is 11.0. The van der Waals surface area contributed by atoms with E-state index in [4.69, 9.17) is 0 Å². The molecular weight excluding hydrogens is 306 g/mol. The molecule has 3 nitrogen and oxygen atoms in total. The fraction of sp³-hybridized carbons (Fsp3) is 0.421. The smallest absolute Gasteiger partial charge is 0.203 e. The molecule has 120 valence electrons. The molecule has 1 aromatic heterocycles. The number of thiophene rings is 1. The molecule has 0 amide bonds. The molecule has 1 saturated heterocycles. The molecule has 0 bridgehead atoms. The third-order valence-electron chi connectivity index (χ3n) is 5.36. The number of rotatable bonds is 1. The molecule has 2 heterocycles. The lowest BCUT2D eigenvalue weighted by atomic mass is 9.67. The van der Waals surface area contributed by atoms with Gasteiger partial charge in [0.1, 0.15) is 5.60 Å². The zero-order valence-corrected chi connectivity index (χ0v) is 14.3. The van der Waals surface area contributed by atoms with E-state index in [1.54, 1.807) is 0 Å². The zero-order chi connectivity index (χ0) is 16.2. The van der Waals surface area contributed by atoms with Gasteiger partial charge in [-0.25, -0.2) is 0 Å². The van der Waals surface area contributed by atoms with Crippen LogP contribution in [-0.2, 0) is 5.60 Å². The number of carbonyl (C=O) groups excluding carboxylic acids is 1. The Bertz CT molecular complexity index is 773. The Kier molecular flexibility index (Phi) is 3.45. The van der Waals surface area contributed by atoms with Gasteiger partial charge in [-0.2, -0.15) is 0 Å². The summed E-state index contributed by atoms with van der Waals surface area (Å²) in [6.45, 7) is 3.99. The Hall–Kier alpha value is -1.49. The summed E-state index contributed by atoms with van der Waals surface area (Å²) in [6.07, 6.45) is 1.90. The number of aryl methyl sites for hydroxylation is 1. The number of ketones is 1. The van der Waals surface area contributed by atoms with Crippen molar-refractivity contribution in [2.75, 3.05) is 20.1 Å². The molecule has 4 heteroatoms. The predicted octanol–water partition coefficient (Wildman–Crippen LogP) is 3.18. The first-order valence-electron chi connectivity index (χ1n) is 8.18. The molecule has 0 saturated carbocycles. The topological polar surface area (TPSA) is 40.5 Å². The van der Waals surface area contributed by atoms with Gasteiger partial charge in [0.2, 0.25) is 5.78 Å². The third-order valence-corrected chi connectivity index (χ3v) is 6.41. The van der Waals surface area contributed by atoms with Gasteiger partial charge < -0.3 is 10.0 Å². The van der Waals surface area contributed by atoms with Crippen LogP contribution in [0.1, 0.15) is 44.1 Å². The molecule has 1 aliphatic carbocycles. The zero-order valence-electron chi connectivity index (χ0n) is 13.5. The van der Waals surface area contributed by atoms with Crippen LogP contribution >= 0.6 is 11.3 Å². The van der Waals surface area contributed by atoms with Crippen LogP contribution in [0.15, 0.2) is 30.3 Å². The molecule has 1 aromatic carbocycles. The van der Waals surface area contributed by atoms with E-state index in [0.29, 0.717) is 5.56 Å². The molecule has 1 unspecified atom stereocenters. The van der Waals surface area contributed by atoms with Crippen LogP contribution in [0.5, 0.6) is 0 Å². The molecule has 2 aromatic rings. The summed E-state index contributed by atoms with van der Waals surface area (Å²) in [5, 5.41) is 11.9. The van der Waals surface area contributed by atoms with E-state index in [1.807, 2.05) is 37.3 Å². The molecule has 1 aliphatic heterocycles. The molecule has 4 rings (SSSR count). The lowest BCUT2D eigenvalue weighted by molar-refractivity contribution is -0.0129. The normalized spacial score (nSPS) is 25.3. The van der Waals surface area contributed by atoms with Crippen LogP contribution < -0.4 is 0 Å². The molecule has 2 aliphatic rings. The maximum absolute atomic E-state index is 12.8. The van der Waals surface area contributed by atoms with E-state index < -0.39 is 5.60 Å². The van der Waals surface area contributed by atoms with Crippen molar-refractivity contribution in [2.24, 2.45) is 5.92 Å². The van der Waals surface area contributed by atoms with Gasteiger partial charge in [0, 0.05) is 16.0 Å². The van der Waals surface area contributed by atoms with Gasteiger partial charge in [-0.1, -0.05) is 24.3 Å². The van der Waals surface area contributed by atoms with Crippen LogP contribution in [0.2, 0.25) is 0 Å². The number of hydrogen-bond acceptors (Lipinski definition) is 4. The maximum atomic E-state index is 12.8.